The molecule has 1 heterocycles. The average Bonchev–Trinajstić information content (AvgIpc) is 2.89. The zero-order chi connectivity index (χ0) is 30.7. The van der Waals surface area contributed by atoms with Gasteiger partial charge in [0, 0.05) is 46.3 Å². The van der Waals surface area contributed by atoms with E-state index in [2.05, 4.69) is 0 Å². The topological polar surface area (TPSA) is 194 Å². The molecule has 1 aliphatic rings. The molecular formula is C26H35NO14. The van der Waals surface area contributed by atoms with Gasteiger partial charge >= 0.3 is 23.9 Å². The number of methoxy groups -OCH3 is 1. The van der Waals surface area contributed by atoms with Crippen LogP contribution in [0.2, 0.25) is 0 Å². The Morgan fingerprint density at radius 1 is 0.805 bits per heavy atom. The zero-order valence-electron chi connectivity index (χ0n) is 23.4. The maximum atomic E-state index is 12.9. The van der Waals surface area contributed by atoms with Gasteiger partial charge in [0.25, 0.3) is 5.91 Å². The van der Waals surface area contributed by atoms with Crippen molar-refractivity contribution in [2.45, 2.75) is 58.4 Å². The second-order valence-electron chi connectivity index (χ2n) is 8.79. The fourth-order valence-corrected chi connectivity index (χ4v) is 4.05. The minimum atomic E-state index is -1.51. The molecule has 0 aliphatic carbocycles. The van der Waals surface area contributed by atoms with Crippen molar-refractivity contribution in [1.82, 2.24) is 4.90 Å². The molecule has 1 saturated heterocycles. The summed E-state index contributed by atoms with van der Waals surface area (Å²) >= 11 is 0. The second-order valence-corrected chi connectivity index (χ2v) is 8.79. The zero-order valence-corrected chi connectivity index (χ0v) is 23.4. The van der Waals surface area contributed by atoms with Crippen LogP contribution in [0.15, 0.2) is 18.2 Å². The molecule has 0 radical (unpaired) electrons. The van der Waals surface area contributed by atoms with Crippen molar-refractivity contribution in [2.24, 2.45) is 0 Å². The van der Waals surface area contributed by atoms with Gasteiger partial charge in [-0.2, -0.15) is 0 Å². The molecule has 1 aromatic rings. The molecule has 15 nitrogen and oxygen atoms in total. The van der Waals surface area contributed by atoms with Crippen LogP contribution in [-0.4, -0.2) is 116 Å². The third kappa shape index (κ3) is 9.58. The molecule has 1 aliphatic heterocycles. The summed E-state index contributed by atoms with van der Waals surface area (Å²) in [5, 5.41) is 18.5. The number of amides is 1. The van der Waals surface area contributed by atoms with Crippen molar-refractivity contribution in [2.75, 3.05) is 40.0 Å². The summed E-state index contributed by atoms with van der Waals surface area (Å²) in [6.45, 7) is 3.37. The molecule has 0 unspecified atom stereocenters. The van der Waals surface area contributed by atoms with Gasteiger partial charge in [-0.25, -0.2) is 0 Å². The van der Waals surface area contributed by atoms with Crippen LogP contribution in [0, 0.1) is 0 Å². The standard InChI is InChI=1S/C26H35NO14/c1-14(30)36-13-21-22(37-15(2)31)23(38-16(3)32)24(39-17(4)33)26(41-21)40-19-7-6-18(12-20(19)35-5)25(34)27(8-10-28)9-11-29/h6-7,12,21-24,26,28-29H,8-11,13H2,1-5H3/t21-,22+,23-,24+,26+/m0/s1. The molecule has 2 N–H and O–H groups in total. The summed E-state index contributed by atoms with van der Waals surface area (Å²) in [5.41, 5.74) is 0.151. The highest BCUT2D eigenvalue weighted by atomic mass is 16.7. The number of carbonyl (C=O) groups excluding carboxylic acids is 5. The maximum Gasteiger partial charge on any atom is 0.303 e. The minimum Gasteiger partial charge on any atom is -0.493 e. The van der Waals surface area contributed by atoms with Crippen LogP contribution in [0.4, 0.5) is 0 Å². The van der Waals surface area contributed by atoms with Gasteiger partial charge in [-0.1, -0.05) is 0 Å². The van der Waals surface area contributed by atoms with Crippen LogP contribution in [0.25, 0.3) is 0 Å². The van der Waals surface area contributed by atoms with Crippen LogP contribution in [0.1, 0.15) is 38.1 Å². The Hall–Kier alpha value is -3.95. The van der Waals surface area contributed by atoms with Gasteiger partial charge in [0.05, 0.1) is 20.3 Å². The molecule has 1 aromatic carbocycles. The fraction of sp³-hybridized carbons (Fsp3) is 0.577. The van der Waals surface area contributed by atoms with Crippen LogP contribution in [0.5, 0.6) is 11.5 Å². The van der Waals surface area contributed by atoms with E-state index in [9.17, 15) is 34.2 Å². The summed E-state index contributed by atoms with van der Waals surface area (Å²) < 4.78 is 38.4. The molecule has 15 heteroatoms. The third-order valence-corrected chi connectivity index (χ3v) is 5.63. The van der Waals surface area contributed by atoms with Crippen molar-refractivity contribution in [3.63, 3.8) is 0 Å². The molecule has 2 rings (SSSR count). The molecule has 5 atom stereocenters. The van der Waals surface area contributed by atoms with Crippen molar-refractivity contribution in [1.29, 1.82) is 0 Å². The highest BCUT2D eigenvalue weighted by Gasteiger charge is 2.53. The maximum absolute atomic E-state index is 12.9. The van der Waals surface area contributed by atoms with Gasteiger partial charge in [-0.15, -0.1) is 0 Å². The molecule has 41 heavy (non-hydrogen) atoms. The van der Waals surface area contributed by atoms with E-state index in [1.165, 1.54) is 30.2 Å². The molecule has 0 bridgehead atoms. The smallest absolute Gasteiger partial charge is 0.303 e. The Morgan fingerprint density at radius 3 is 1.88 bits per heavy atom. The lowest BCUT2D eigenvalue weighted by atomic mass is 9.98. The van der Waals surface area contributed by atoms with Crippen molar-refractivity contribution in [3.05, 3.63) is 23.8 Å². The number of esters is 4. The Morgan fingerprint density at radius 2 is 1.37 bits per heavy atom. The number of aliphatic hydroxyl groups excluding tert-OH is 2. The van der Waals surface area contributed by atoms with Crippen LogP contribution >= 0.6 is 0 Å². The lowest BCUT2D eigenvalue weighted by Crippen LogP contribution is -2.63. The normalized spacial score (nSPS) is 21.7. The molecule has 1 amide bonds. The Bertz CT molecular complexity index is 1090. The first kappa shape index (κ1) is 33.3. The molecule has 0 saturated carbocycles. The first-order valence-corrected chi connectivity index (χ1v) is 12.6. The van der Waals surface area contributed by atoms with Crippen LogP contribution < -0.4 is 9.47 Å². The van der Waals surface area contributed by atoms with E-state index in [4.69, 9.17) is 33.2 Å². The summed E-state index contributed by atoms with van der Waals surface area (Å²) in [4.78, 5) is 61.6. The lowest BCUT2D eigenvalue weighted by molar-refractivity contribution is -0.288. The highest BCUT2D eigenvalue weighted by molar-refractivity contribution is 5.95. The van der Waals surface area contributed by atoms with Gasteiger partial charge in [0.2, 0.25) is 12.4 Å². The molecular weight excluding hydrogens is 550 g/mol. The lowest BCUT2D eigenvalue weighted by Gasteiger charge is -2.44. The number of rotatable bonds is 13. The van der Waals surface area contributed by atoms with E-state index in [1.54, 1.807) is 0 Å². The van der Waals surface area contributed by atoms with Gasteiger partial charge in [0.1, 0.15) is 12.7 Å². The summed E-state index contributed by atoms with van der Waals surface area (Å²) in [5.74, 6) is -3.47. The third-order valence-electron chi connectivity index (χ3n) is 5.63. The Balaban J connectivity index is 2.50. The summed E-state index contributed by atoms with van der Waals surface area (Å²) in [7, 11) is 1.31. The molecule has 0 spiro atoms. The fourth-order valence-electron chi connectivity index (χ4n) is 4.05. The quantitative estimate of drug-likeness (QED) is 0.224. The highest BCUT2D eigenvalue weighted by Crippen LogP contribution is 2.35. The van der Waals surface area contributed by atoms with Crippen molar-refractivity contribution in [3.8, 4) is 11.5 Å². The van der Waals surface area contributed by atoms with Crippen LogP contribution in [0.3, 0.4) is 0 Å². The van der Waals surface area contributed by atoms with Crippen molar-refractivity contribution < 1.29 is 67.3 Å². The van der Waals surface area contributed by atoms with E-state index < -0.39 is 67.1 Å². The first-order valence-electron chi connectivity index (χ1n) is 12.6. The molecule has 228 valence electrons. The number of aliphatic hydroxyl groups is 2. The van der Waals surface area contributed by atoms with Gasteiger partial charge in [-0.3, -0.25) is 24.0 Å². The summed E-state index contributed by atoms with van der Waals surface area (Å²) in [6, 6.07) is 4.12. The predicted molar refractivity (Wildman–Crippen MR) is 136 cm³/mol. The second kappa shape index (κ2) is 15.7. The largest absolute Gasteiger partial charge is 0.493 e. The molecule has 1 fully saturated rings. The SMILES string of the molecule is COc1cc(C(=O)N(CCO)CCO)ccc1O[C@@H]1O[C@@H](COC(C)=O)[C@@H](OC(C)=O)[C@H](OC(C)=O)[C@H]1OC(C)=O. The van der Waals surface area contributed by atoms with Gasteiger partial charge < -0.3 is 48.3 Å². The van der Waals surface area contributed by atoms with E-state index in [0.29, 0.717) is 0 Å². The minimum absolute atomic E-state index is 0.00923. The van der Waals surface area contributed by atoms with Crippen molar-refractivity contribution >= 4 is 29.8 Å². The predicted octanol–water partition coefficient (Wildman–Crippen LogP) is -0.416. The number of hydrogen-bond acceptors (Lipinski definition) is 14. The number of nitrogens with zero attached hydrogens (tertiary/aromatic N) is 1. The first-order chi connectivity index (χ1) is 19.4. The van der Waals surface area contributed by atoms with E-state index in [-0.39, 0.29) is 43.4 Å². The number of ether oxygens (including phenoxy) is 7. The van der Waals surface area contributed by atoms with Crippen LogP contribution in [-0.2, 0) is 42.9 Å². The Kier molecular flexibility index (Phi) is 12.8. The Labute approximate surface area is 236 Å². The summed E-state index contributed by atoms with van der Waals surface area (Å²) in [6.07, 6.45) is -6.99. The monoisotopic (exact) mass is 585 g/mol. The van der Waals surface area contributed by atoms with E-state index >= 15 is 0 Å². The van der Waals surface area contributed by atoms with E-state index in [0.717, 1.165) is 27.7 Å². The number of carbonyl (C=O) groups is 5. The average molecular weight is 586 g/mol. The number of hydrogen-bond donors (Lipinski definition) is 2. The number of benzene rings is 1. The molecule has 0 aromatic heterocycles. The van der Waals surface area contributed by atoms with Gasteiger partial charge in [0.15, 0.2) is 23.7 Å². The van der Waals surface area contributed by atoms with Gasteiger partial charge in [-0.05, 0) is 18.2 Å². The van der Waals surface area contributed by atoms with E-state index in [1.807, 2.05) is 0 Å².